The Kier molecular flexibility index (Phi) is 6.15. The van der Waals surface area contributed by atoms with Crippen LogP contribution in [0.15, 0.2) is 12.1 Å². The molecule has 1 N–H and O–H groups in total. The molecular formula is C16H19F3N2O2S. The maximum Gasteiger partial charge on any atom is 0.255 e. The van der Waals surface area contributed by atoms with E-state index in [4.69, 9.17) is 0 Å². The molecule has 0 radical (unpaired) electrons. The largest absolute Gasteiger partial charge is 0.354 e. The molecule has 1 atom stereocenters. The first-order valence-corrected chi connectivity index (χ1v) is 8.77. The van der Waals surface area contributed by atoms with Crippen LogP contribution in [0.1, 0.15) is 30.6 Å². The molecule has 1 aromatic rings. The molecule has 1 aromatic carbocycles. The van der Waals surface area contributed by atoms with Gasteiger partial charge in [0, 0.05) is 17.9 Å². The van der Waals surface area contributed by atoms with Crippen LogP contribution in [0.5, 0.6) is 0 Å². The second kappa shape index (κ2) is 7.92. The second-order valence-electron chi connectivity index (χ2n) is 6.02. The Hall–Kier alpha value is -1.70. The number of carbonyl (C=O) groups is 2. The summed E-state index contributed by atoms with van der Waals surface area (Å²) in [4.78, 5) is 25.9. The Balaban J connectivity index is 2.09. The Labute approximate surface area is 142 Å². The van der Waals surface area contributed by atoms with E-state index in [2.05, 4.69) is 5.32 Å². The van der Waals surface area contributed by atoms with E-state index in [1.54, 1.807) is 0 Å². The molecule has 24 heavy (non-hydrogen) atoms. The normalized spacial score (nSPS) is 17.4. The van der Waals surface area contributed by atoms with E-state index in [0.29, 0.717) is 30.3 Å². The van der Waals surface area contributed by atoms with Gasteiger partial charge in [-0.25, -0.2) is 13.2 Å². The summed E-state index contributed by atoms with van der Waals surface area (Å²) in [6.07, 6.45) is 0.813. The van der Waals surface area contributed by atoms with E-state index < -0.39 is 29.4 Å². The summed E-state index contributed by atoms with van der Waals surface area (Å²) in [6, 6.07) is 0.598. The zero-order valence-electron chi connectivity index (χ0n) is 13.4. The lowest BCUT2D eigenvalue weighted by molar-refractivity contribution is -0.124. The molecular weight excluding hydrogens is 341 g/mol. The van der Waals surface area contributed by atoms with E-state index in [9.17, 15) is 22.8 Å². The van der Waals surface area contributed by atoms with Crippen molar-refractivity contribution in [2.75, 3.05) is 18.2 Å². The van der Waals surface area contributed by atoms with E-state index >= 15 is 0 Å². The number of hydrogen-bond acceptors (Lipinski definition) is 3. The number of hydrogen-bond donors (Lipinski definition) is 1. The van der Waals surface area contributed by atoms with E-state index in [0.717, 1.165) is 6.42 Å². The highest BCUT2D eigenvalue weighted by Crippen LogP contribution is 2.24. The fourth-order valence-electron chi connectivity index (χ4n) is 2.31. The second-order valence-corrected chi connectivity index (χ2v) is 7.02. The van der Waals surface area contributed by atoms with Gasteiger partial charge in [-0.15, -0.1) is 11.8 Å². The summed E-state index contributed by atoms with van der Waals surface area (Å²) in [5, 5.41) is 2.77. The van der Waals surface area contributed by atoms with Gasteiger partial charge in [-0.3, -0.25) is 9.59 Å². The third-order valence-electron chi connectivity index (χ3n) is 3.70. The third kappa shape index (κ3) is 4.23. The molecule has 4 nitrogen and oxygen atoms in total. The van der Waals surface area contributed by atoms with Crippen molar-refractivity contribution < 1.29 is 22.8 Å². The molecule has 2 rings (SSSR count). The van der Waals surface area contributed by atoms with Crippen molar-refractivity contribution in [3.63, 3.8) is 0 Å². The molecule has 8 heteroatoms. The lowest BCUT2D eigenvalue weighted by atomic mass is 10.1. The van der Waals surface area contributed by atoms with Crippen molar-refractivity contribution in [3.05, 3.63) is 35.1 Å². The highest BCUT2D eigenvalue weighted by atomic mass is 32.2. The Bertz CT molecular complexity index is 617. The molecule has 1 saturated heterocycles. The van der Waals surface area contributed by atoms with Gasteiger partial charge in [0.25, 0.3) is 5.91 Å². The molecule has 2 amide bonds. The minimum atomic E-state index is -1.62. The number of nitrogens with zero attached hydrogens (tertiary/aromatic N) is 1. The van der Waals surface area contributed by atoms with Crippen molar-refractivity contribution in [1.29, 1.82) is 0 Å². The van der Waals surface area contributed by atoms with Gasteiger partial charge in [0.15, 0.2) is 17.5 Å². The number of thioether (sulfide) groups is 1. The standard InChI is InChI=1S/C16H19F3N2O2S/c1-9(2)3-4-20-15(22)13-7-24-8-21(13)16(23)10-5-11(17)14(19)12(18)6-10/h5-6,9,13H,3-4,7-8H2,1-2H3,(H,20,22)/t13-/m0/s1. The molecule has 0 bridgehead atoms. The number of nitrogens with one attached hydrogen (secondary N) is 1. The molecule has 0 aromatic heterocycles. The van der Waals surface area contributed by atoms with Crippen molar-refractivity contribution in [2.45, 2.75) is 26.3 Å². The summed E-state index contributed by atoms with van der Waals surface area (Å²) in [5.74, 6) is -4.38. The summed E-state index contributed by atoms with van der Waals surface area (Å²) < 4.78 is 39.6. The average Bonchev–Trinajstić information content (AvgIpc) is 3.00. The lowest BCUT2D eigenvalue weighted by Gasteiger charge is -2.23. The van der Waals surface area contributed by atoms with Crippen LogP contribution in [-0.4, -0.2) is 40.9 Å². The number of rotatable bonds is 5. The topological polar surface area (TPSA) is 49.4 Å². The predicted molar refractivity (Wildman–Crippen MR) is 86.1 cm³/mol. The molecule has 1 fully saturated rings. The zero-order chi connectivity index (χ0) is 17.9. The van der Waals surface area contributed by atoms with Gasteiger partial charge in [-0.1, -0.05) is 13.8 Å². The van der Waals surface area contributed by atoms with Crippen molar-refractivity contribution in [1.82, 2.24) is 10.2 Å². The van der Waals surface area contributed by atoms with Crippen LogP contribution < -0.4 is 5.32 Å². The lowest BCUT2D eigenvalue weighted by Crippen LogP contribution is -2.47. The summed E-state index contributed by atoms with van der Waals surface area (Å²) >= 11 is 1.38. The smallest absolute Gasteiger partial charge is 0.255 e. The van der Waals surface area contributed by atoms with Crippen LogP contribution in [-0.2, 0) is 4.79 Å². The molecule has 0 spiro atoms. The van der Waals surface area contributed by atoms with Crippen LogP contribution in [0.2, 0.25) is 0 Å². The monoisotopic (exact) mass is 360 g/mol. The Morgan fingerprint density at radius 3 is 2.50 bits per heavy atom. The van der Waals surface area contributed by atoms with Crippen LogP contribution in [0.25, 0.3) is 0 Å². The van der Waals surface area contributed by atoms with Gasteiger partial charge in [0.05, 0.1) is 5.88 Å². The van der Waals surface area contributed by atoms with Gasteiger partial charge < -0.3 is 10.2 Å². The van der Waals surface area contributed by atoms with Crippen molar-refractivity contribution in [2.24, 2.45) is 5.92 Å². The molecule has 1 aliphatic rings. The minimum Gasteiger partial charge on any atom is -0.354 e. The SMILES string of the molecule is CC(C)CCNC(=O)[C@@H]1CSCN1C(=O)c1cc(F)c(F)c(F)c1. The first-order chi connectivity index (χ1) is 11.3. The molecule has 132 valence electrons. The maximum atomic E-state index is 13.3. The van der Waals surface area contributed by atoms with Crippen LogP contribution in [0.4, 0.5) is 13.2 Å². The number of amides is 2. The first kappa shape index (κ1) is 18.6. The molecule has 0 saturated carbocycles. The zero-order valence-corrected chi connectivity index (χ0v) is 14.3. The number of carbonyl (C=O) groups excluding carboxylic acids is 2. The number of halogens is 3. The fraction of sp³-hybridized carbons (Fsp3) is 0.500. The van der Waals surface area contributed by atoms with E-state index in [1.165, 1.54) is 16.7 Å². The average molecular weight is 360 g/mol. The van der Waals surface area contributed by atoms with Gasteiger partial charge in [-0.2, -0.15) is 0 Å². The number of benzene rings is 1. The molecule has 1 heterocycles. The van der Waals surface area contributed by atoms with Crippen LogP contribution in [0, 0.1) is 23.4 Å². The molecule has 1 aliphatic heterocycles. The van der Waals surface area contributed by atoms with Crippen LogP contribution in [0.3, 0.4) is 0 Å². The van der Waals surface area contributed by atoms with Crippen LogP contribution >= 0.6 is 11.8 Å². The van der Waals surface area contributed by atoms with E-state index in [-0.39, 0.29) is 17.3 Å². The van der Waals surface area contributed by atoms with Gasteiger partial charge in [-0.05, 0) is 24.5 Å². The Morgan fingerprint density at radius 2 is 1.92 bits per heavy atom. The van der Waals surface area contributed by atoms with Gasteiger partial charge in [0.1, 0.15) is 6.04 Å². The fourth-order valence-corrected chi connectivity index (χ4v) is 3.46. The van der Waals surface area contributed by atoms with E-state index in [1.807, 2.05) is 13.8 Å². The third-order valence-corrected chi connectivity index (χ3v) is 4.71. The maximum absolute atomic E-state index is 13.3. The summed E-state index contributed by atoms with van der Waals surface area (Å²) in [6.45, 7) is 4.57. The molecule has 0 unspecified atom stereocenters. The summed E-state index contributed by atoms with van der Waals surface area (Å²) in [5.41, 5.74) is -0.311. The van der Waals surface area contributed by atoms with Crippen molar-refractivity contribution >= 4 is 23.6 Å². The molecule has 0 aliphatic carbocycles. The van der Waals surface area contributed by atoms with Gasteiger partial charge in [0.2, 0.25) is 5.91 Å². The Morgan fingerprint density at radius 1 is 1.29 bits per heavy atom. The minimum absolute atomic E-state index is 0.238. The first-order valence-electron chi connectivity index (χ1n) is 7.62. The highest BCUT2D eigenvalue weighted by molar-refractivity contribution is 7.99. The quantitative estimate of drug-likeness (QED) is 0.822. The van der Waals surface area contributed by atoms with Crippen molar-refractivity contribution in [3.8, 4) is 0 Å². The van der Waals surface area contributed by atoms with Gasteiger partial charge >= 0.3 is 0 Å². The summed E-state index contributed by atoms with van der Waals surface area (Å²) in [7, 11) is 0. The highest BCUT2D eigenvalue weighted by Gasteiger charge is 2.35. The predicted octanol–water partition coefficient (Wildman–Crippen LogP) is 2.78.